The number of hydrazone groups is 1. The zero-order valence-corrected chi connectivity index (χ0v) is 14.4. The number of nitrogens with one attached hydrogen (secondary N) is 1. The lowest BCUT2D eigenvalue weighted by atomic mass is 10.1. The maximum absolute atomic E-state index is 12.3. The van der Waals surface area contributed by atoms with Crippen molar-refractivity contribution in [3.8, 4) is 5.75 Å². The molecule has 0 spiro atoms. The number of methoxy groups -OCH3 is 2. The van der Waals surface area contributed by atoms with Crippen LogP contribution in [0.15, 0.2) is 59.7 Å². The molecule has 1 N–H and O–H groups in total. The Hall–Kier alpha value is -3.48. The zero-order valence-electron chi connectivity index (χ0n) is 14.4. The van der Waals surface area contributed by atoms with Crippen LogP contribution in [-0.2, 0) is 9.53 Å². The highest BCUT2D eigenvalue weighted by molar-refractivity contribution is 6.40. The van der Waals surface area contributed by atoms with Gasteiger partial charge in [-0.1, -0.05) is 18.2 Å². The lowest BCUT2D eigenvalue weighted by Crippen LogP contribution is -2.26. The van der Waals surface area contributed by atoms with E-state index in [1.807, 2.05) is 0 Å². The van der Waals surface area contributed by atoms with Gasteiger partial charge in [-0.05, 0) is 36.4 Å². The monoisotopic (exact) mass is 354 g/mol. The first-order valence-corrected chi connectivity index (χ1v) is 7.72. The highest BCUT2D eigenvalue weighted by Gasteiger charge is 2.19. The van der Waals surface area contributed by atoms with Crippen LogP contribution in [-0.4, -0.2) is 37.6 Å². The molecule has 7 heteroatoms. The minimum absolute atomic E-state index is 0.197. The van der Waals surface area contributed by atoms with Gasteiger partial charge in [-0.2, -0.15) is 5.10 Å². The zero-order chi connectivity index (χ0) is 18.9. The molecule has 2 aromatic carbocycles. The number of nitrogens with zero attached hydrogens (tertiary/aromatic N) is 1. The van der Waals surface area contributed by atoms with Crippen LogP contribution in [0, 0.1) is 0 Å². The normalized spacial score (nSPS) is 10.8. The fourth-order valence-electron chi connectivity index (χ4n) is 2.08. The number of esters is 1. The number of hydrogen-bond donors (Lipinski definition) is 1. The number of ether oxygens (including phenoxy) is 2. The lowest BCUT2D eigenvalue weighted by Gasteiger charge is -2.06. The summed E-state index contributed by atoms with van der Waals surface area (Å²) < 4.78 is 9.67. The van der Waals surface area contributed by atoms with Crippen molar-refractivity contribution in [2.75, 3.05) is 14.2 Å². The summed E-state index contributed by atoms with van der Waals surface area (Å²) in [7, 11) is 2.70. The summed E-state index contributed by atoms with van der Waals surface area (Å²) in [5.41, 5.74) is 2.83. The van der Waals surface area contributed by atoms with E-state index in [-0.39, 0.29) is 17.9 Å². The van der Waals surface area contributed by atoms with E-state index in [0.717, 1.165) is 0 Å². The molecule has 134 valence electrons. The molecule has 1 amide bonds. The predicted molar refractivity (Wildman–Crippen MR) is 95.3 cm³/mol. The van der Waals surface area contributed by atoms with Crippen LogP contribution in [0.3, 0.4) is 0 Å². The van der Waals surface area contributed by atoms with Gasteiger partial charge in [-0.3, -0.25) is 9.59 Å². The number of ketones is 1. The van der Waals surface area contributed by atoms with Crippen LogP contribution in [0.1, 0.15) is 27.1 Å². The first-order chi connectivity index (χ1) is 12.5. The molecule has 0 saturated carbocycles. The quantitative estimate of drug-likeness (QED) is 0.356. The molecule has 7 nitrogen and oxygen atoms in total. The van der Waals surface area contributed by atoms with Crippen molar-refractivity contribution in [2.24, 2.45) is 5.10 Å². The van der Waals surface area contributed by atoms with E-state index in [0.29, 0.717) is 16.9 Å². The average molecular weight is 354 g/mol. The summed E-state index contributed by atoms with van der Waals surface area (Å²) in [5, 5.41) is 3.77. The van der Waals surface area contributed by atoms with Gasteiger partial charge in [0.25, 0.3) is 5.91 Å². The molecule has 0 atom stereocenters. The standard InChI is InChI=1S/C19H18N2O5/c1-25-15-10-8-13(9-11-15)17(22)12-16(19(24)26-2)20-21-18(23)14-6-4-3-5-7-14/h3-11H,12H2,1-2H3,(H,21,23)/b20-16+. The number of amides is 1. The molecular formula is C19H18N2O5. The summed E-state index contributed by atoms with van der Waals surface area (Å²) in [6.07, 6.45) is -0.311. The molecule has 0 saturated heterocycles. The fraction of sp³-hybridized carbons (Fsp3) is 0.158. The molecule has 0 radical (unpaired) electrons. The van der Waals surface area contributed by atoms with E-state index >= 15 is 0 Å². The lowest BCUT2D eigenvalue weighted by molar-refractivity contribution is -0.132. The fourth-order valence-corrected chi connectivity index (χ4v) is 2.08. The van der Waals surface area contributed by atoms with Crippen molar-refractivity contribution < 1.29 is 23.9 Å². The van der Waals surface area contributed by atoms with Crippen molar-refractivity contribution in [1.29, 1.82) is 0 Å². The predicted octanol–water partition coefficient (Wildman–Crippen LogP) is 2.23. The van der Waals surface area contributed by atoms with Crippen molar-refractivity contribution in [3.63, 3.8) is 0 Å². The largest absolute Gasteiger partial charge is 0.497 e. The topological polar surface area (TPSA) is 94.1 Å². The Morgan fingerprint density at radius 3 is 2.15 bits per heavy atom. The van der Waals surface area contributed by atoms with Gasteiger partial charge in [0, 0.05) is 11.1 Å². The number of carbonyl (C=O) groups is 3. The van der Waals surface area contributed by atoms with E-state index < -0.39 is 11.9 Å². The molecule has 0 aromatic heterocycles. The van der Waals surface area contributed by atoms with Gasteiger partial charge in [0.1, 0.15) is 5.75 Å². The third kappa shape index (κ3) is 5.01. The minimum Gasteiger partial charge on any atom is -0.497 e. The molecular weight excluding hydrogens is 336 g/mol. The number of benzene rings is 2. The maximum atomic E-state index is 12.3. The van der Waals surface area contributed by atoms with Gasteiger partial charge in [0.15, 0.2) is 11.5 Å². The average Bonchev–Trinajstić information content (AvgIpc) is 2.70. The molecule has 0 aliphatic carbocycles. The number of Topliss-reactive ketones (excluding diaryl/α,β-unsaturated/α-hetero) is 1. The second-order valence-corrected chi connectivity index (χ2v) is 5.19. The SMILES string of the molecule is COC(=O)/C(CC(=O)c1ccc(OC)cc1)=N/NC(=O)c1ccccc1. The maximum Gasteiger partial charge on any atom is 0.354 e. The van der Waals surface area contributed by atoms with Crippen LogP contribution in [0.2, 0.25) is 0 Å². The number of carbonyl (C=O) groups excluding carboxylic acids is 3. The van der Waals surface area contributed by atoms with Gasteiger partial charge >= 0.3 is 5.97 Å². The van der Waals surface area contributed by atoms with E-state index in [2.05, 4.69) is 15.3 Å². The molecule has 0 aliphatic rings. The highest BCUT2D eigenvalue weighted by atomic mass is 16.5. The summed E-state index contributed by atoms with van der Waals surface area (Å²) >= 11 is 0. The van der Waals surface area contributed by atoms with Crippen molar-refractivity contribution >= 4 is 23.4 Å². The van der Waals surface area contributed by atoms with Crippen LogP contribution >= 0.6 is 0 Å². The second-order valence-electron chi connectivity index (χ2n) is 5.19. The van der Waals surface area contributed by atoms with Crippen molar-refractivity contribution in [3.05, 3.63) is 65.7 Å². The van der Waals surface area contributed by atoms with Crippen molar-refractivity contribution in [1.82, 2.24) is 5.43 Å². The Labute approximate surface area is 150 Å². The van der Waals surface area contributed by atoms with E-state index in [9.17, 15) is 14.4 Å². The van der Waals surface area contributed by atoms with Gasteiger partial charge in [0.05, 0.1) is 20.6 Å². The molecule has 2 rings (SSSR count). The first kappa shape index (κ1) is 18.9. The van der Waals surface area contributed by atoms with E-state index in [4.69, 9.17) is 4.74 Å². The molecule has 26 heavy (non-hydrogen) atoms. The Balaban J connectivity index is 2.12. The molecule has 0 unspecified atom stereocenters. The van der Waals surface area contributed by atoms with Crippen LogP contribution in [0.4, 0.5) is 0 Å². The van der Waals surface area contributed by atoms with Crippen LogP contribution < -0.4 is 10.2 Å². The van der Waals surface area contributed by atoms with Crippen LogP contribution in [0.25, 0.3) is 0 Å². The highest BCUT2D eigenvalue weighted by Crippen LogP contribution is 2.13. The molecule has 0 fully saturated rings. The second kappa shape index (κ2) is 9.12. The van der Waals surface area contributed by atoms with E-state index in [1.165, 1.54) is 14.2 Å². The molecule has 0 aliphatic heterocycles. The Morgan fingerprint density at radius 1 is 0.923 bits per heavy atom. The van der Waals surface area contributed by atoms with Crippen LogP contribution in [0.5, 0.6) is 5.75 Å². The van der Waals surface area contributed by atoms with E-state index in [1.54, 1.807) is 54.6 Å². The Morgan fingerprint density at radius 2 is 1.58 bits per heavy atom. The first-order valence-electron chi connectivity index (χ1n) is 7.72. The third-order valence-corrected chi connectivity index (χ3v) is 3.49. The molecule has 0 bridgehead atoms. The molecule has 2 aromatic rings. The van der Waals surface area contributed by atoms with Crippen molar-refractivity contribution in [2.45, 2.75) is 6.42 Å². The summed E-state index contributed by atoms with van der Waals surface area (Å²) in [4.78, 5) is 36.2. The smallest absolute Gasteiger partial charge is 0.354 e. The van der Waals surface area contributed by atoms with Gasteiger partial charge < -0.3 is 9.47 Å². The minimum atomic E-state index is -0.791. The Bertz CT molecular complexity index is 814. The number of hydrogen-bond acceptors (Lipinski definition) is 6. The Kier molecular flexibility index (Phi) is 6.61. The summed E-state index contributed by atoms with van der Waals surface area (Å²) in [6, 6.07) is 14.8. The number of rotatable bonds is 7. The van der Waals surface area contributed by atoms with Gasteiger partial charge in [-0.15, -0.1) is 0 Å². The van der Waals surface area contributed by atoms with Gasteiger partial charge in [-0.25, -0.2) is 10.2 Å². The third-order valence-electron chi connectivity index (χ3n) is 3.49. The van der Waals surface area contributed by atoms with Gasteiger partial charge in [0.2, 0.25) is 0 Å². The summed E-state index contributed by atoms with van der Waals surface area (Å²) in [6.45, 7) is 0. The summed E-state index contributed by atoms with van der Waals surface area (Å²) in [5.74, 6) is -1.02. The molecule has 0 heterocycles.